The Labute approximate surface area is 220 Å². The molecule has 1 heterocycles. The molecule has 4 fully saturated rings. The molecule has 2 N–H and O–H groups in total. The highest BCUT2D eigenvalue weighted by molar-refractivity contribution is 5.76. The Hall–Kier alpha value is -0.870. The topological polar surface area (TPSA) is 60.8 Å². The van der Waals surface area contributed by atoms with Gasteiger partial charge in [-0.2, -0.15) is 0 Å². The van der Waals surface area contributed by atoms with E-state index in [1.54, 1.807) is 5.57 Å². The van der Waals surface area contributed by atoms with E-state index in [4.69, 9.17) is 0 Å². The van der Waals surface area contributed by atoms with Crippen molar-refractivity contribution in [3.63, 3.8) is 0 Å². The van der Waals surface area contributed by atoms with E-state index < -0.39 is 11.2 Å². The van der Waals surface area contributed by atoms with Gasteiger partial charge in [0.15, 0.2) is 0 Å². The summed E-state index contributed by atoms with van der Waals surface area (Å²) in [7, 11) is 0. The van der Waals surface area contributed by atoms with Crippen molar-refractivity contribution in [3.05, 3.63) is 11.6 Å². The molecular formula is C32H53NO3. The normalized spacial score (nSPS) is 44.8. The number of carbonyl (C=O) groups excluding carboxylic acids is 1. The summed E-state index contributed by atoms with van der Waals surface area (Å²) < 4.78 is 0. The quantitative estimate of drug-likeness (QED) is 0.425. The van der Waals surface area contributed by atoms with E-state index in [1.165, 1.54) is 32.1 Å². The molecule has 5 rings (SSSR count). The van der Waals surface area contributed by atoms with Gasteiger partial charge in [-0.3, -0.25) is 4.79 Å². The highest BCUT2D eigenvalue weighted by Gasteiger charge is 2.59. The largest absolute Gasteiger partial charge is 0.390 e. The molecule has 4 heteroatoms. The summed E-state index contributed by atoms with van der Waals surface area (Å²) in [5.74, 6) is 4.01. The van der Waals surface area contributed by atoms with Crippen LogP contribution in [0.5, 0.6) is 0 Å². The van der Waals surface area contributed by atoms with Crippen molar-refractivity contribution in [2.45, 2.75) is 129 Å². The Kier molecular flexibility index (Phi) is 6.98. The molecule has 1 aliphatic heterocycles. The fraction of sp³-hybridized carbons (Fsp3) is 0.906. The maximum Gasteiger partial charge on any atom is 0.222 e. The molecule has 3 saturated carbocycles. The number of allylic oxidation sites excluding steroid dienone is 1. The molecule has 0 aromatic heterocycles. The molecule has 36 heavy (non-hydrogen) atoms. The molecule has 8 atom stereocenters. The zero-order chi connectivity index (χ0) is 25.9. The number of piperidine rings is 1. The first-order valence-electron chi connectivity index (χ1n) is 15.3. The van der Waals surface area contributed by atoms with Crippen LogP contribution in [0.1, 0.15) is 118 Å². The number of fused-ring (bicyclic) bond motifs is 5. The third kappa shape index (κ3) is 4.51. The van der Waals surface area contributed by atoms with Gasteiger partial charge in [0.25, 0.3) is 0 Å². The van der Waals surface area contributed by atoms with Crippen LogP contribution >= 0.6 is 0 Å². The van der Waals surface area contributed by atoms with Crippen LogP contribution in [0.4, 0.5) is 0 Å². The Morgan fingerprint density at radius 1 is 1.03 bits per heavy atom. The number of carbonyl (C=O) groups is 1. The summed E-state index contributed by atoms with van der Waals surface area (Å²) in [5.41, 5.74) is 1.19. The predicted molar refractivity (Wildman–Crippen MR) is 145 cm³/mol. The van der Waals surface area contributed by atoms with Gasteiger partial charge in [0, 0.05) is 19.5 Å². The van der Waals surface area contributed by atoms with Gasteiger partial charge in [0.05, 0.1) is 11.2 Å². The molecule has 5 aliphatic rings. The lowest BCUT2D eigenvalue weighted by atomic mass is 9.46. The van der Waals surface area contributed by atoms with Gasteiger partial charge >= 0.3 is 0 Å². The van der Waals surface area contributed by atoms with Gasteiger partial charge in [-0.1, -0.05) is 39.3 Å². The number of hydrogen-bond acceptors (Lipinski definition) is 3. The summed E-state index contributed by atoms with van der Waals surface area (Å²) >= 11 is 0. The second-order valence-corrected chi connectivity index (χ2v) is 14.6. The SMILES string of the molecule is CCC1(O)CCN(C(=O)CCC(C)[C@H]2CC[C@H]3[C@@H]4CC=C5C[C@@](C)(O)CC[C@]5(C)[C@H]4CC[C@]23C)CC1. The fourth-order valence-electron chi connectivity index (χ4n) is 10.0. The molecule has 204 valence electrons. The second kappa shape index (κ2) is 9.40. The van der Waals surface area contributed by atoms with Crippen LogP contribution in [0.3, 0.4) is 0 Å². The molecule has 1 unspecified atom stereocenters. The standard InChI is InChI=1S/C32H53NO3/c1-6-32(36)17-19-33(20-18-32)28(34)12-7-22(2)25-10-11-26-24-9-8-23-21-29(3,35)15-16-30(23,4)27(24)13-14-31(25,26)5/h8,22,24-27,35-36H,6-7,9-21H2,1-5H3/t22?,24-,25+,26-,27-,29-,30-,31+/m0/s1. The second-order valence-electron chi connectivity index (χ2n) is 14.6. The predicted octanol–water partition coefficient (Wildman–Crippen LogP) is 6.50. The first kappa shape index (κ1) is 26.7. The van der Waals surface area contributed by atoms with Crippen LogP contribution in [0.15, 0.2) is 11.6 Å². The van der Waals surface area contributed by atoms with Crippen molar-refractivity contribution >= 4 is 5.91 Å². The Balaban J connectivity index is 1.21. The maximum absolute atomic E-state index is 13.0. The van der Waals surface area contributed by atoms with Crippen molar-refractivity contribution in [2.75, 3.05) is 13.1 Å². The first-order chi connectivity index (χ1) is 16.9. The molecule has 0 aromatic carbocycles. The number of aliphatic hydroxyl groups is 2. The monoisotopic (exact) mass is 499 g/mol. The maximum atomic E-state index is 13.0. The van der Waals surface area contributed by atoms with E-state index in [2.05, 4.69) is 26.8 Å². The molecule has 1 amide bonds. The summed E-state index contributed by atoms with van der Waals surface area (Å²) in [4.78, 5) is 15.0. The molecule has 4 aliphatic carbocycles. The summed E-state index contributed by atoms with van der Waals surface area (Å²) in [5, 5.41) is 21.3. The molecule has 1 saturated heterocycles. The molecule has 0 aromatic rings. The minimum absolute atomic E-state index is 0.293. The molecule has 4 nitrogen and oxygen atoms in total. The van der Waals surface area contributed by atoms with Gasteiger partial charge < -0.3 is 15.1 Å². The minimum atomic E-state index is -0.558. The highest BCUT2D eigenvalue weighted by Crippen LogP contribution is 2.67. The van der Waals surface area contributed by atoms with Crippen molar-refractivity contribution < 1.29 is 15.0 Å². The number of likely N-dealkylation sites (tertiary alicyclic amines) is 1. The smallest absolute Gasteiger partial charge is 0.222 e. The molecule has 0 spiro atoms. The molecular weight excluding hydrogens is 446 g/mol. The Morgan fingerprint density at radius 2 is 1.75 bits per heavy atom. The first-order valence-corrected chi connectivity index (χ1v) is 15.3. The average Bonchev–Trinajstić information content (AvgIpc) is 3.20. The lowest BCUT2D eigenvalue weighted by Crippen LogP contribution is -2.52. The van der Waals surface area contributed by atoms with Gasteiger partial charge in [0.2, 0.25) is 5.91 Å². The van der Waals surface area contributed by atoms with E-state index in [-0.39, 0.29) is 0 Å². The summed E-state index contributed by atoms with van der Waals surface area (Å²) in [6.07, 6.45) is 16.0. The number of hydrogen-bond donors (Lipinski definition) is 2. The van der Waals surface area contributed by atoms with Gasteiger partial charge in [-0.15, -0.1) is 0 Å². The van der Waals surface area contributed by atoms with Crippen LogP contribution in [0.2, 0.25) is 0 Å². The van der Waals surface area contributed by atoms with Crippen molar-refractivity contribution in [1.29, 1.82) is 0 Å². The lowest BCUT2D eigenvalue weighted by Gasteiger charge is -2.59. The van der Waals surface area contributed by atoms with E-state index in [9.17, 15) is 15.0 Å². The fourth-order valence-corrected chi connectivity index (χ4v) is 10.0. The van der Waals surface area contributed by atoms with Crippen LogP contribution < -0.4 is 0 Å². The number of amides is 1. The average molecular weight is 500 g/mol. The van der Waals surface area contributed by atoms with Gasteiger partial charge in [-0.25, -0.2) is 0 Å². The van der Waals surface area contributed by atoms with Crippen molar-refractivity contribution in [1.82, 2.24) is 4.90 Å². The third-order valence-electron chi connectivity index (χ3n) is 12.7. The van der Waals surface area contributed by atoms with Crippen LogP contribution in [0.25, 0.3) is 0 Å². The Bertz CT molecular complexity index is 871. The van der Waals surface area contributed by atoms with Crippen molar-refractivity contribution in [3.8, 4) is 0 Å². The molecule has 0 radical (unpaired) electrons. The van der Waals surface area contributed by atoms with Crippen LogP contribution in [-0.2, 0) is 4.79 Å². The van der Waals surface area contributed by atoms with E-state index in [1.807, 2.05) is 18.7 Å². The highest BCUT2D eigenvalue weighted by atomic mass is 16.3. The van der Waals surface area contributed by atoms with E-state index >= 15 is 0 Å². The van der Waals surface area contributed by atoms with Gasteiger partial charge in [-0.05, 0) is 124 Å². The van der Waals surface area contributed by atoms with Gasteiger partial charge in [0.1, 0.15) is 0 Å². The molecule has 0 bridgehead atoms. The zero-order valence-corrected chi connectivity index (χ0v) is 23.8. The minimum Gasteiger partial charge on any atom is -0.390 e. The van der Waals surface area contributed by atoms with Crippen LogP contribution in [-0.4, -0.2) is 45.3 Å². The zero-order valence-electron chi connectivity index (χ0n) is 23.8. The lowest BCUT2D eigenvalue weighted by molar-refractivity contribution is -0.136. The van der Waals surface area contributed by atoms with Crippen LogP contribution in [0, 0.1) is 40.4 Å². The summed E-state index contributed by atoms with van der Waals surface area (Å²) in [6, 6.07) is 0. The summed E-state index contributed by atoms with van der Waals surface area (Å²) in [6.45, 7) is 13.1. The van der Waals surface area contributed by atoms with Crippen molar-refractivity contribution in [2.24, 2.45) is 40.4 Å². The third-order valence-corrected chi connectivity index (χ3v) is 12.7. The number of nitrogens with zero attached hydrogens (tertiary/aromatic N) is 1. The number of rotatable bonds is 5. The Morgan fingerprint density at radius 3 is 2.44 bits per heavy atom. The van der Waals surface area contributed by atoms with E-state index in [0.717, 1.165) is 68.6 Å². The van der Waals surface area contributed by atoms with E-state index in [0.29, 0.717) is 42.2 Å².